The van der Waals surface area contributed by atoms with E-state index in [2.05, 4.69) is 40.7 Å². The molecule has 0 unspecified atom stereocenters. The Bertz CT molecular complexity index is 1420. The number of tetrazole rings is 1. The Kier molecular flexibility index (Phi) is 6.59. The molecule has 0 fully saturated rings. The van der Waals surface area contributed by atoms with E-state index in [1.165, 1.54) is 6.33 Å². The van der Waals surface area contributed by atoms with E-state index < -0.39 is 12.2 Å². The highest BCUT2D eigenvalue weighted by Gasteiger charge is 2.24. The first-order valence-corrected chi connectivity index (χ1v) is 11.7. The van der Waals surface area contributed by atoms with Crippen molar-refractivity contribution in [2.45, 2.75) is 39.0 Å². The number of nitrogens with zero attached hydrogens (tertiary/aromatic N) is 9. The van der Waals surface area contributed by atoms with Crippen molar-refractivity contribution in [3.05, 3.63) is 71.6 Å². The first kappa shape index (κ1) is 24.1. The van der Waals surface area contributed by atoms with Gasteiger partial charge in [-0.05, 0) is 61.0 Å². The fourth-order valence-electron chi connectivity index (χ4n) is 4.10. The van der Waals surface area contributed by atoms with Gasteiger partial charge in [-0.3, -0.25) is 0 Å². The topological polar surface area (TPSA) is 131 Å². The van der Waals surface area contributed by atoms with Crippen molar-refractivity contribution in [3.63, 3.8) is 0 Å². The average Bonchev–Trinajstić information content (AvgIpc) is 3.49. The maximum atomic E-state index is 13.4. The van der Waals surface area contributed by atoms with Gasteiger partial charge in [0.1, 0.15) is 43.3 Å². The lowest BCUT2D eigenvalue weighted by molar-refractivity contribution is 0.168. The van der Waals surface area contributed by atoms with Gasteiger partial charge in [-0.15, -0.1) is 5.10 Å². The lowest BCUT2D eigenvalue weighted by Crippen LogP contribution is -2.34. The molecule has 0 amide bonds. The van der Waals surface area contributed by atoms with Gasteiger partial charge in [0.15, 0.2) is 0 Å². The van der Waals surface area contributed by atoms with Crippen LogP contribution in [0, 0.1) is 11.3 Å². The van der Waals surface area contributed by atoms with E-state index in [1.807, 2.05) is 38.1 Å². The number of alkyl halides is 1. The second-order valence-electron chi connectivity index (χ2n) is 9.27. The van der Waals surface area contributed by atoms with Gasteiger partial charge >= 0.3 is 0 Å². The Labute approximate surface area is 213 Å². The Morgan fingerprint density at radius 2 is 2.08 bits per heavy atom. The Morgan fingerprint density at radius 1 is 1.19 bits per heavy atom. The molecule has 12 heteroatoms. The predicted octanol–water partition coefficient (Wildman–Crippen LogP) is 3.32. The fourth-order valence-corrected chi connectivity index (χ4v) is 4.10. The third-order valence-corrected chi connectivity index (χ3v) is 6.27. The van der Waals surface area contributed by atoms with E-state index >= 15 is 0 Å². The molecule has 0 bridgehead atoms. The number of nitriles is 1. The highest BCUT2D eigenvalue weighted by atomic mass is 19.1. The minimum atomic E-state index is -0.675. The van der Waals surface area contributed by atoms with E-state index in [-0.39, 0.29) is 0 Å². The third-order valence-electron chi connectivity index (χ3n) is 6.27. The number of aromatic nitrogens is 7. The molecule has 4 aromatic rings. The number of pyridine rings is 1. The van der Waals surface area contributed by atoms with Crippen molar-refractivity contribution in [2.24, 2.45) is 0 Å². The second-order valence-corrected chi connectivity index (χ2v) is 9.27. The van der Waals surface area contributed by atoms with Crippen molar-refractivity contribution in [3.8, 4) is 11.8 Å². The van der Waals surface area contributed by atoms with Crippen molar-refractivity contribution < 1.29 is 9.13 Å². The van der Waals surface area contributed by atoms with E-state index in [0.717, 1.165) is 16.9 Å². The molecule has 0 saturated carbocycles. The molecule has 3 aromatic heterocycles. The molecule has 1 aliphatic rings. The highest BCUT2D eigenvalue weighted by molar-refractivity contribution is 5.60. The predicted molar refractivity (Wildman–Crippen MR) is 133 cm³/mol. The van der Waals surface area contributed by atoms with Crippen LogP contribution in [0.15, 0.2) is 49.2 Å². The summed E-state index contributed by atoms with van der Waals surface area (Å²) in [5, 5.41) is 23.8. The number of hydrogen-bond donors (Lipinski definition) is 1. The van der Waals surface area contributed by atoms with E-state index in [9.17, 15) is 4.39 Å². The number of benzene rings is 1. The number of halogens is 1. The van der Waals surface area contributed by atoms with Crippen LogP contribution in [0.3, 0.4) is 0 Å². The van der Waals surface area contributed by atoms with Crippen LogP contribution in [-0.4, -0.2) is 48.3 Å². The van der Waals surface area contributed by atoms with Crippen molar-refractivity contribution in [2.75, 3.05) is 23.4 Å². The van der Waals surface area contributed by atoms with Gasteiger partial charge in [-0.2, -0.15) is 5.26 Å². The number of rotatable bonds is 8. The van der Waals surface area contributed by atoms with Gasteiger partial charge in [-0.25, -0.2) is 24.0 Å². The standard InChI is InChI=1S/C25H25FN10O/c1-25(2,36-16-31-33-34-36)14-37-20-5-6-23(28-12-20)32-24-21-7-8-35(13-22(21)29-15-30-24)19-4-3-17(11-27)18(9-19)10-26/h3-6,9,12,15-16H,7-8,10,13-14H2,1-2H3,(H,28,29,30,32). The first-order valence-electron chi connectivity index (χ1n) is 11.7. The van der Waals surface area contributed by atoms with Gasteiger partial charge < -0.3 is 15.0 Å². The van der Waals surface area contributed by atoms with Crippen LogP contribution in [0.25, 0.3) is 0 Å². The molecule has 0 atom stereocenters. The van der Waals surface area contributed by atoms with Crippen molar-refractivity contribution in [1.29, 1.82) is 5.26 Å². The maximum Gasteiger partial charge on any atom is 0.138 e. The Hall–Kier alpha value is -4.66. The Morgan fingerprint density at radius 3 is 2.81 bits per heavy atom. The summed E-state index contributed by atoms with van der Waals surface area (Å²) >= 11 is 0. The summed E-state index contributed by atoms with van der Waals surface area (Å²) in [6, 6.07) is 11.0. The maximum absolute atomic E-state index is 13.4. The molecule has 11 nitrogen and oxygen atoms in total. The summed E-state index contributed by atoms with van der Waals surface area (Å²) in [4.78, 5) is 15.5. The number of hydrogen-bond acceptors (Lipinski definition) is 10. The molecule has 0 saturated heterocycles. The van der Waals surface area contributed by atoms with Crippen LogP contribution < -0.4 is 15.0 Å². The lowest BCUT2D eigenvalue weighted by Gasteiger charge is -2.31. The average molecular weight is 501 g/mol. The van der Waals surface area contributed by atoms with Gasteiger partial charge in [0.2, 0.25) is 0 Å². The normalized spacial score (nSPS) is 13.1. The minimum Gasteiger partial charge on any atom is -0.489 e. The molecule has 1 aliphatic heterocycles. The molecule has 188 valence electrons. The molecule has 1 aromatic carbocycles. The quantitative estimate of drug-likeness (QED) is 0.384. The number of ether oxygens (including phenoxy) is 1. The first-order chi connectivity index (χ1) is 18.0. The monoisotopic (exact) mass is 500 g/mol. The fraction of sp³-hybridized carbons (Fsp3) is 0.320. The Balaban J connectivity index is 1.25. The molecule has 4 heterocycles. The van der Waals surface area contributed by atoms with Crippen molar-refractivity contribution in [1.82, 2.24) is 35.2 Å². The minimum absolute atomic E-state index is 0.359. The third kappa shape index (κ3) is 5.16. The smallest absolute Gasteiger partial charge is 0.138 e. The molecule has 5 rings (SSSR count). The summed E-state index contributed by atoms with van der Waals surface area (Å²) in [5.74, 6) is 1.96. The molecule has 0 radical (unpaired) electrons. The van der Waals surface area contributed by atoms with Gasteiger partial charge in [0.25, 0.3) is 0 Å². The van der Waals surface area contributed by atoms with Crippen LogP contribution in [0.5, 0.6) is 5.75 Å². The van der Waals surface area contributed by atoms with E-state index in [0.29, 0.717) is 54.6 Å². The van der Waals surface area contributed by atoms with Gasteiger partial charge in [-0.1, -0.05) is 0 Å². The zero-order valence-electron chi connectivity index (χ0n) is 20.5. The SMILES string of the molecule is CC(C)(COc1ccc(Nc2ncnc3c2CCN(c2ccc(C#N)c(CF)c2)C3)nc1)n1cnnn1. The molecular formula is C25H25FN10O. The van der Waals surface area contributed by atoms with Crippen LogP contribution >= 0.6 is 0 Å². The molecule has 0 aliphatic carbocycles. The molecule has 1 N–H and O–H groups in total. The second kappa shape index (κ2) is 10.1. The number of nitrogens with one attached hydrogen (secondary N) is 1. The largest absolute Gasteiger partial charge is 0.489 e. The van der Waals surface area contributed by atoms with E-state index in [1.54, 1.807) is 29.3 Å². The number of fused-ring (bicyclic) bond motifs is 1. The van der Waals surface area contributed by atoms with Crippen molar-refractivity contribution >= 4 is 17.3 Å². The van der Waals surface area contributed by atoms with Crippen LogP contribution in [0.1, 0.15) is 36.2 Å². The van der Waals surface area contributed by atoms with Gasteiger partial charge in [0, 0.05) is 23.4 Å². The van der Waals surface area contributed by atoms with Crippen LogP contribution in [-0.2, 0) is 25.2 Å². The summed E-state index contributed by atoms with van der Waals surface area (Å²) in [7, 11) is 0. The highest BCUT2D eigenvalue weighted by Crippen LogP contribution is 2.29. The van der Waals surface area contributed by atoms with Crippen LogP contribution in [0.4, 0.5) is 21.7 Å². The molecular weight excluding hydrogens is 475 g/mol. The summed E-state index contributed by atoms with van der Waals surface area (Å²) in [6.07, 6.45) is 5.44. The van der Waals surface area contributed by atoms with Crippen LogP contribution in [0.2, 0.25) is 0 Å². The summed E-state index contributed by atoms with van der Waals surface area (Å²) in [5.41, 5.74) is 3.11. The molecule has 37 heavy (non-hydrogen) atoms. The van der Waals surface area contributed by atoms with Gasteiger partial charge in [0.05, 0.1) is 35.6 Å². The lowest BCUT2D eigenvalue weighted by atomic mass is 10.0. The molecule has 0 spiro atoms. The zero-order valence-corrected chi connectivity index (χ0v) is 20.5. The van der Waals surface area contributed by atoms with E-state index in [4.69, 9.17) is 10.00 Å². The summed E-state index contributed by atoms with van der Waals surface area (Å²) < 4.78 is 20.9. The zero-order chi connectivity index (χ0) is 25.8. The number of anilines is 3. The summed E-state index contributed by atoms with van der Waals surface area (Å²) in [6.45, 7) is 4.92.